The normalized spacial score (nSPS) is 11.0. The SMILES string of the molecule is Cc1cccc(-c2ccc(-c3cc(C)c(N)c4ncccc34)cc2)c1. The third kappa shape index (κ3) is 2.76. The van der Waals surface area contributed by atoms with Gasteiger partial charge in [0.25, 0.3) is 0 Å². The molecule has 1 heterocycles. The molecular formula is C23H20N2. The van der Waals surface area contributed by atoms with E-state index in [2.05, 4.69) is 72.6 Å². The van der Waals surface area contributed by atoms with Gasteiger partial charge in [0.1, 0.15) is 0 Å². The summed E-state index contributed by atoms with van der Waals surface area (Å²) in [5.74, 6) is 0. The van der Waals surface area contributed by atoms with Crippen molar-refractivity contribution < 1.29 is 0 Å². The second-order valence-electron chi connectivity index (χ2n) is 6.50. The molecule has 3 aromatic carbocycles. The van der Waals surface area contributed by atoms with Gasteiger partial charge < -0.3 is 5.73 Å². The van der Waals surface area contributed by atoms with Crippen molar-refractivity contribution in [2.75, 3.05) is 5.73 Å². The fourth-order valence-electron chi connectivity index (χ4n) is 3.30. The maximum atomic E-state index is 6.22. The minimum Gasteiger partial charge on any atom is -0.397 e. The lowest BCUT2D eigenvalue weighted by Gasteiger charge is -2.12. The molecule has 1 aromatic heterocycles. The molecule has 25 heavy (non-hydrogen) atoms. The molecule has 0 saturated heterocycles. The van der Waals surface area contributed by atoms with Gasteiger partial charge in [-0.1, -0.05) is 60.2 Å². The minimum absolute atomic E-state index is 0.760. The highest BCUT2D eigenvalue weighted by Gasteiger charge is 2.10. The smallest absolute Gasteiger partial charge is 0.0940 e. The van der Waals surface area contributed by atoms with Gasteiger partial charge in [-0.05, 0) is 53.8 Å². The number of pyridine rings is 1. The quantitative estimate of drug-likeness (QED) is 0.476. The van der Waals surface area contributed by atoms with E-state index in [1.165, 1.54) is 27.8 Å². The Balaban J connectivity index is 1.84. The lowest BCUT2D eigenvalue weighted by Crippen LogP contribution is -1.95. The van der Waals surface area contributed by atoms with Crippen LogP contribution in [0.1, 0.15) is 11.1 Å². The van der Waals surface area contributed by atoms with Crippen molar-refractivity contribution in [1.29, 1.82) is 0 Å². The molecule has 0 radical (unpaired) electrons. The van der Waals surface area contributed by atoms with Crippen LogP contribution in [-0.2, 0) is 0 Å². The van der Waals surface area contributed by atoms with Crippen molar-refractivity contribution in [2.24, 2.45) is 0 Å². The number of hydrogen-bond donors (Lipinski definition) is 1. The topological polar surface area (TPSA) is 38.9 Å². The van der Waals surface area contributed by atoms with Gasteiger partial charge in [-0.25, -0.2) is 0 Å². The Kier molecular flexibility index (Phi) is 3.73. The lowest BCUT2D eigenvalue weighted by molar-refractivity contribution is 1.39. The zero-order chi connectivity index (χ0) is 17.4. The number of benzene rings is 3. The van der Waals surface area contributed by atoms with Crippen LogP contribution >= 0.6 is 0 Å². The molecule has 0 unspecified atom stereocenters. The van der Waals surface area contributed by atoms with Gasteiger partial charge in [0.2, 0.25) is 0 Å². The summed E-state index contributed by atoms with van der Waals surface area (Å²) in [4.78, 5) is 4.48. The van der Waals surface area contributed by atoms with Gasteiger partial charge in [-0.3, -0.25) is 4.98 Å². The Morgan fingerprint density at radius 3 is 2.28 bits per heavy atom. The molecule has 0 fully saturated rings. The number of aryl methyl sites for hydroxylation is 2. The van der Waals surface area contributed by atoms with Crippen LogP contribution in [0.25, 0.3) is 33.2 Å². The van der Waals surface area contributed by atoms with Crippen LogP contribution in [-0.4, -0.2) is 4.98 Å². The van der Waals surface area contributed by atoms with Crippen molar-refractivity contribution in [3.63, 3.8) is 0 Å². The first-order valence-corrected chi connectivity index (χ1v) is 8.45. The molecule has 2 nitrogen and oxygen atoms in total. The number of aromatic nitrogens is 1. The van der Waals surface area contributed by atoms with E-state index in [-0.39, 0.29) is 0 Å². The average Bonchev–Trinajstić information content (AvgIpc) is 2.65. The molecule has 122 valence electrons. The molecule has 4 rings (SSSR count). The molecule has 0 aliphatic heterocycles. The largest absolute Gasteiger partial charge is 0.397 e. The zero-order valence-corrected chi connectivity index (χ0v) is 14.5. The van der Waals surface area contributed by atoms with E-state index in [0.717, 1.165) is 22.2 Å². The maximum absolute atomic E-state index is 6.22. The van der Waals surface area contributed by atoms with Crippen molar-refractivity contribution in [3.05, 3.63) is 84.1 Å². The molecule has 0 saturated carbocycles. The van der Waals surface area contributed by atoms with Crippen LogP contribution in [0.3, 0.4) is 0 Å². The monoisotopic (exact) mass is 324 g/mol. The molecule has 0 aliphatic carbocycles. The van der Waals surface area contributed by atoms with Crippen LogP contribution < -0.4 is 5.73 Å². The Morgan fingerprint density at radius 1 is 0.760 bits per heavy atom. The van der Waals surface area contributed by atoms with Crippen LogP contribution in [0, 0.1) is 13.8 Å². The second kappa shape index (κ2) is 6.06. The number of nitrogens with zero attached hydrogens (tertiary/aromatic N) is 1. The fraction of sp³-hybridized carbons (Fsp3) is 0.0870. The lowest BCUT2D eigenvalue weighted by atomic mass is 9.95. The van der Waals surface area contributed by atoms with Crippen molar-refractivity contribution in [2.45, 2.75) is 13.8 Å². The molecule has 2 N–H and O–H groups in total. The molecule has 0 amide bonds. The highest BCUT2D eigenvalue weighted by Crippen LogP contribution is 2.34. The van der Waals surface area contributed by atoms with Crippen LogP contribution in [0.4, 0.5) is 5.69 Å². The molecule has 0 atom stereocenters. The Morgan fingerprint density at radius 2 is 1.52 bits per heavy atom. The summed E-state index contributed by atoms with van der Waals surface area (Å²) in [7, 11) is 0. The summed E-state index contributed by atoms with van der Waals surface area (Å²) in [6, 6.07) is 23.5. The average molecular weight is 324 g/mol. The van der Waals surface area contributed by atoms with Gasteiger partial charge >= 0.3 is 0 Å². The summed E-state index contributed by atoms with van der Waals surface area (Å²) in [5, 5.41) is 1.09. The van der Waals surface area contributed by atoms with E-state index < -0.39 is 0 Å². The molecule has 0 spiro atoms. The molecule has 0 aliphatic rings. The van der Waals surface area contributed by atoms with Gasteiger partial charge in [0.15, 0.2) is 0 Å². The standard InChI is InChI=1S/C23H20N2/c1-15-5-3-6-19(13-15)17-8-10-18(11-9-17)21-14-16(2)22(24)23-20(21)7-4-12-25-23/h3-14H,24H2,1-2H3. The number of rotatable bonds is 2. The number of nitrogens with two attached hydrogens (primary N) is 1. The molecular weight excluding hydrogens is 304 g/mol. The third-order valence-electron chi connectivity index (χ3n) is 4.69. The van der Waals surface area contributed by atoms with Crippen molar-refractivity contribution in [3.8, 4) is 22.3 Å². The van der Waals surface area contributed by atoms with Crippen LogP contribution in [0.15, 0.2) is 72.9 Å². The first-order chi connectivity index (χ1) is 12.1. The minimum atomic E-state index is 0.760. The Bertz CT molecular complexity index is 1060. The van der Waals surface area contributed by atoms with E-state index in [0.29, 0.717) is 0 Å². The van der Waals surface area contributed by atoms with E-state index >= 15 is 0 Å². The van der Waals surface area contributed by atoms with E-state index in [1.54, 1.807) is 6.20 Å². The summed E-state index contributed by atoms with van der Waals surface area (Å²) in [5.41, 5.74) is 15.0. The van der Waals surface area contributed by atoms with E-state index in [1.807, 2.05) is 13.0 Å². The predicted octanol–water partition coefficient (Wildman–Crippen LogP) is 5.77. The highest BCUT2D eigenvalue weighted by atomic mass is 14.7. The van der Waals surface area contributed by atoms with Crippen molar-refractivity contribution in [1.82, 2.24) is 4.98 Å². The predicted molar refractivity (Wildman–Crippen MR) is 107 cm³/mol. The van der Waals surface area contributed by atoms with Gasteiger partial charge in [-0.2, -0.15) is 0 Å². The number of anilines is 1. The number of hydrogen-bond acceptors (Lipinski definition) is 2. The Labute approximate surface area is 148 Å². The van der Waals surface area contributed by atoms with Gasteiger partial charge in [0.05, 0.1) is 11.2 Å². The van der Waals surface area contributed by atoms with E-state index in [9.17, 15) is 0 Å². The van der Waals surface area contributed by atoms with Gasteiger partial charge in [0, 0.05) is 11.6 Å². The number of nitrogen functional groups attached to an aromatic ring is 1. The molecule has 4 aromatic rings. The van der Waals surface area contributed by atoms with Crippen molar-refractivity contribution >= 4 is 16.6 Å². The van der Waals surface area contributed by atoms with Crippen LogP contribution in [0.5, 0.6) is 0 Å². The summed E-state index contributed by atoms with van der Waals surface area (Å²) < 4.78 is 0. The molecule has 0 bridgehead atoms. The zero-order valence-electron chi connectivity index (χ0n) is 14.5. The fourth-order valence-corrected chi connectivity index (χ4v) is 3.30. The summed E-state index contributed by atoms with van der Waals surface area (Å²) in [6.07, 6.45) is 1.79. The summed E-state index contributed by atoms with van der Waals surface area (Å²) in [6.45, 7) is 4.15. The Hall–Kier alpha value is -3.13. The van der Waals surface area contributed by atoms with Gasteiger partial charge in [-0.15, -0.1) is 0 Å². The highest BCUT2D eigenvalue weighted by molar-refractivity contribution is 6.01. The second-order valence-corrected chi connectivity index (χ2v) is 6.50. The van der Waals surface area contributed by atoms with Crippen LogP contribution in [0.2, 0.25) is 0 Å². The molecule has 2 heteroatoms. The summed E-state index contributed by atoms with van der Waals surface area (Å²) >= 11 is 0. The third-order valence-corrected chi connectivity index (χ3v) is 4.69. The van der Waals surface area contributed by atoms with E-state index in [4.69, 9.17) is 5.73 Å². The first kappa shape index (κ1) is 15.4. The number of fused-ring (bicyclic) bond motifs is 1. The first-order valence-electron chi connectivity index (χ1n) is 8.45. The maximum Gasteiger partial charge on any atom is 0.0940 e.